The van der Waals surface area contributed by atoms with Crippen molar-refractivity contribution >= 4 is 28.4 Å². The third-order valence-electron chi connectivity index (χ3n) is 6.52. The lowest BCUT2D eigenvalue weighted by Gasteiger charge is -2.47. The summed E-state index contributed by atoms with van der Waals surface area (Å²) in [6, 6.07) is 12.9. The first-order valence-electron chi connectivity index (χ1n) is 10.9. The third-order valence-corrected chi connectivity index (χ3v) is 6.52. The van der Waals surface area contributed by atoms with Gasteiger partial charge in [-0.1, -0.05) is 30.3 Å². The van der Waals surface area contributed by atoms with Crippen LogP contribution in [0.5, 0.6) is 0 Å². The van der Waals surface area contributed by atoms with E-state index in [1.807, 2.05) is 24.3 Å². The molecule has 0 bridgehead atoms. The molecule has 1 saturated heterocycles. The van der Waals surface area contributed by atoms with Gasteiger partial charge in [0.05, 0.1) is 17.5 Å². The fraction of sp³-hybridized carbons (Fsp3) is 0.333. The zero-order chi connectivity index (χ0) is 23.1. The summed E-state index contributed by atoms with van der Waals surface area (Å²) >= 11 is 0. The summed E-state index contributed by atoms with van der Waals surface area (Å²) in [6.07, 6.45) is 1.05. The Morgan fingerprint density at radius 2 is 2.00 bits per heavy atom. The van der Waals surface area contributed by atoms with Crippen molar-refractivity contribution in [3.8, 4) is 0 Å². The van der Waals surface area contributed by atoms with E-state index in [2.05, 4.69) is 4.98 Å². The smallest absolute Gasteiger partial charge is 0.269 e. The first kappa shape index (κ1) is 21.1. The van der Waals surface area contributed by atoms with Crippen LogP contribution in [0.25, 0.3) is 10.9 Å². The van der Waals surface area contributed by atoms with Gasteiger partial charge < -0.3 is 19.5 Å². The summed E-state index contributed by atoms with van der Waals surface area (Å²) in [4.78, 5) is 44.5. The number of rotatable bonds is 6. The Labute approximate surface area is 190 Å². The van der Waals surface area contributed by atoms with E-state index in [0.717, 1.165) is 22.2 Å². The summed E-state index contributed by atoms with van der Waals surface area (Å²) < 4.78 is 5.10. The molecule has 0 spiro atoms. The number of piperazine rings is 1. The quantitative estimate of drug-likeness (QED) is 0.354. The topological polar surface area (TPSA) is 109 Å². The Morgan fingerprint density at radius 1 is 1.18 bits per heavy atom. The molecule has 1 fully saturated rings. The minimum Gasteiger partial charge on any atom is -0.385 e. The molecule has 0 aliphatic carbocycles. The van der Waals surface area contributed by atoms with Crippen LogP contribution in [-0.4, -0.2) is 64.4 Å². The molecule has 1 unspecified atom stereocenters. The van der Waals surface area contributed by atoms with Crippen LogP contribution in [-0.2, 0) is 20.7 Å². The summed E-state index contributed by atoms with van der Waals surface area (Å²) in [7, 11) is 1.61. The Morgan fingerprint density at radius 3 is 2.79 bits per heavy atom. The fourth-order valence-corrected chi connectivity index (χ4v) is 5.07. The molecule has 2 aromatic carbocycles. The van der Waals surface area contributed by atoms with Crippen molar-refractivity contribution in [3.05, 3.63) is 75.5 Å². The Hall–Kier alpha value is -3.72. The van der Waals surface area contributed by atoms with E-state index in [-0.39, 0.29) is 24.0 Å². The summed E-state index contributed by atoms with van der Waals surface area (Å²) in [5, 5.41) is 12.4. The van der Waals surface area contributed by atoms with E-state index < -0.39 is 17.0 Å². The predicted octanol–water partition coefficient (Wildman–Crippen LogP) is 2.80. The van der Waals surface area contributed by atoms with Crippen molar-refractivity contribution in [2.24, 2.45) is 0 Å². The van der Waals surface area contributed by atoms with E-state index in [1.54, 1.807) is 29.0 Å². The Kier molecular flexibility index (Phi) is 5.33. The molecule has 2 atom stereocenters. The number of para-hydroxylation sites is 1. The number of ether oxygens (including phenoxy) is 1. The number of non-ortho nitro benzene ring substituents is 1. The summed E-state index contributed by atoms with van der Waals surface area (Å²) in [5.41, 5.74) is 3.25. The van der Waals surface area contributed by atoms with E-state index in [1.165, 1.54) is 12.1 Å². The van der Waals surface area contributed by atoms with Crippen LogP contribution in [0.2, 0.25) is 0 Å². The largest absolute Gasteiger partial charge is 0.385 e. The molecule has 2 amide bonds. The predicted molar refractivity (Wildman–Crippen MR) is 121 cm³/mol. The van der Waals surface area contributed by atoms with Crippen LogP contribution in [0.3, 0.4) is 0 Å². The number of aromatic amines is 1. The molecular weight excluding hydrogens is 424 g/mol. The average molecular weight is 448 g/mol. The van der Waals surface area contributed by atoms with Crippen molar-refractivity contribution in [2.45, 2.75) is 24.9 Å². The summed E-state index contributed by atoms with van der Waals surface area (Å²) in [5.74, 6) is -0.269. The first-order chi connectivity index (χ1) is 16.0. The van der Waals surface area contributed by atoms with Crippen LogP contribution < -0.4 is 0 Å². The molecular formula is C24H24N4O5. The Balaban J connectivity index is 1.63. The van der Waals surface area contributed by atoms with Gasteiger partial charge >= 0.3 is 0 Å². The number of nitro groups is 1. The third kappa shape index (κ3) is 3.54. The zero-order valence-electron chi connectivity index (χ0n) is 18.2. The molecule has 9 nitrogen and oxygen atoms in total. The number of hydrogen-bond donors (Lipinski definition) is 1. The minimum absolute atomic E-state index is 0.0139. The van der Waals surface area contributed by atoms with Gasteiger partial charge in [-0.3, -0.25) is 19.7 Å². The monoisotopic (exact) mass is 448 g/mol. The minimum atomic E-state index is -0.662. The number of carbonyl (C=O) groups is 2. The maximum absolute atomic E-state index is 13.5. The SMILES string of the molecule is COCCCN1CC(=O)N2C(c3cccc([N+](=O)[O-])c3)c3[nH]c4ccccc4c3C[C@H]2C1=O. The van der Waals surface area contributed by atoms with Gasteiger partial charge in [0.25, 0.3) is 5.69 Å². The van der Waals surface area contributed by atoms with E-state index in [9.17, 15) is 19.7 Å². The number of H-pyrrole nitrogens is 1. The zero-order valence-corrected chi connectivity index (χ0v) is 18.2. The number of fused-ring (bicyclic) bond motifs is 4. The number of nitrogens with zero attached hydrogens (tertiary/aromatic N) is 3. The molecule has 1 N–H and O–H groups in total. The highest BCUT2D eigenvalue weighted by Crippen LogP contribution is 2.43. The lowest BCUT2D eigenvalue weighted by molar-refractivity contribution is -0.384. The fourth-order valence-electron chi connectivity index (χ4n) is 5.07. The number of benzene rings is 2. The van der Waals surface area contributed by atoms with E-state index >= 15 is 0 Å². The Bertz CT molecular complexity index is 1250. The summed E-state index contributed by atoms with van der Waals surface area (Å²) in [6.45, 7) is 0.945. The molecule has 1 aromatic heterocycles. The molecule has 33 heavy (non-hydrogen) atoms. The van der Waals surface area contributed by atoms with Gasteiger partial charge in [0.15, 0.2) is 0 Å². The second-order valence-corrected chi connectivity index (χ2v) is 8.44. The van der Waals surface area contributed by atoms with Crippen LogP contribution in [0.15, 0.2) is 48.5 Å². The van der Waals surface area contributed by atoms with E-state index in [0.29, 0.717) is 31.6 Å². The molecule has 2 aliphatic heterocycles. The maximum atomic E-state index is 13.5. The molecule has 9 heteroatoms. The van der Waals surface area contributed by atoms with Crippen molar-refractivity contribution in [3.63, 3.8) is 0 Å². The first-order valence-corrected chi connectivity index (χ1v) is 10.9. The number of methoxy groups -OCH3 is 1. The maximum Gasteiger partial charge on any atom is 0.269 e. The number of nitrogens with one attached hydrogen (secondary N) is 1. The van der Waals surface area contributed by atoms with Gasteiger partial charge in [-0.25, -0.2) is 0 Å². The van der Waals surface area contributed by atoms with Gasteiger partial charge in [-0.05, 0) is 23.6 Å². The van der Waals surface area contributed by atoms with Crippen molar-refractivity contribution in [2.75, 3.05) is 26.8 Å². The number of amides is 2. The molecule has 0 radical (unpaired) electrons. The van der Waals surface area contributed by atoms with Crippen LogP contribution in [0, 0.1) is 10.1 Å². The highest BCUT2D eigenvalue weighted by molar-refractivity contribution is 5.97. The number of carbonyl (C=O) groups excluding carboxylic acids is 2. The van der Waals surface area contributed by atoms with Crippen LogP contribution >= 0.6 is 0 Å². The normalized spacial score (nSPS) is 20.2. The average Bonchev–Trinajstić information content (AvgIpc) is 3.19. The highest BCUT2D eigenvalue weighted by Gasteiger charge is 2.48. The molecule has 3 aromatic rings. The molecule has 3 heterocycles. The molecule has 170 valence electrons. The van der Waals surface area contributed by atoms with Crippen molar-refractivity contribution < 1.29 is 19.2 Å². The number of hydrogen-bond acceptors (Lipinski definition) is 5. The second kappa shape index (κ2) is 8.32. The van der Waals surface area contributed by atoms with Crippen LogP contribution in [0.4, 0.5) is 5.69 Å². The number of aromatic nitrogens is 1. The molecule has 0 saturated carbocycles. The molecule has 5 rings (SSSR count). The number of nitro benzene ring substituents is 1. The molecule has 2 aliphatic rings. The van der Waals surface area contributed by atoms with Gasteiger partial charge in [-0.15, -0.1) is 0 Å². The van der Waals surface area contributed by atoms with Gasteiger partial charge in [0.2, 0.25) is 11.8 Å². The van der Waals surface area contributed by atoms with Gasteiger partial charge in [-0.2, -0.15) is 0 Å². The van der Waals surface area contributed by atoms with Crippen LogP contribution in [0.1, 0.15) is 29.3 Å². The van der Waals surface area contributed by atoms with Gasteiger partial charge in [0.1, 0.15) is 6.04 Å². The highest BCUT2D eigenvalue weighted by atomic mass is 16.6. The van der Waals surface area contributed by atoms with Crippen molar-refractivity contribution in [1.82, 2.24) is 14.8 Å². The lowest BCUT2D eigenvalue weighted by Crippen LogP contribution is -2.63. The standard InChI is InChI=1S/C24H24N4O5/c1-33-11-5-10-26-14-21(29)27-20(24(26)30)13-18-17-8-2-3-9-19(17)25-22(18)23(27)15-6-4-7-16(12-15)28(31)32/h2-4,6-9,12,20,23,25H,5,10-11,13-14H2,1H3/t20-,23?/m0/s1. The van der Waals surface area contributed by atoms with Gasteiger partial charge in [0, 0.05) is 55.4 Å². The van der Waals surface area contributed by atoms with E-state index in [4.69, 9.17) is 4.74 Å². The second-order valence-electron chi connectivity index (χ2n) is 8.44. The lowest BCUT2D eigenvalue weighted by atomic mass is 9.86. The van der Waals surface area contributed by atoms with Crippen molar-refractivity contribution in [1.29, 1.82) is 0 Å².